The van der Waals surface area contributed by atoms with Crippen LogP contribution >= 0.6 is 0 Å². The van der Waals surface area contributed by atoms with E-state index < -0.39 is 0 Å². The maximum absolute atomic E-state index is 5.67. The number of hydrogen-bond donors (Lipinski definition) is 1. The number of benzene rings is 1. The maximum Gasteiger partial charge on any atom is 0.230 e. The van der Waals surface area contributed by atoms with Crippen molar-refractivity contribution in [1.29, 1.82) is 0 Å². The molecule has 1 aromatic carbocycles. The molecule has 2 N–H and O–H groups in total. The average Bonchev–Trinajstić information content (AvgIpc) is 2.97. The third kappa shape index (κ3) is 2.20. The van der Waals surface area contributed by atoms with Crippen molar-refractivity contribution in [3.8, 4) is 11.5 Å². The van der Waals surface area contributed by atoms with Crippen LogP contribution in [0.5, 0.6) is 0 Å². The van der Waals surface area contributed by atoms with Crippen LogP contribution in [-0.4, -0.2) is 14.8 Å². The summed E-state index contributed by atoms with van der Waals surface area (Å²) in [7, 11) is 1.85. The van der Waals surface area contributed by atoms with E-state index in [1.807, 2.05) is 33.2 Å². The van der Waals surface area contributed by atoms with Gasteiger partial charge < -0.3 is 10.2 Å². The topological polar surface area (TPSA) is 69.9 Å². The minimum absolute atomic E-state index is 0.564. The van der Waals surface area contributed by atoms with Crippen LogP contribution in [0.25, 0.3) is 22.6 Å². The molecule has 2 aromatic heterocycles. The SMILES string of the molecule is CC.Cn1cc(-c2nc3ccc(N)cc3o2)cn1. The summed E-state index contributed by atoms with van der Waals surface area (Å²) in [5, 5.41) is 4.07. The number of oxazole rings is 1. The van der Waals surface area contributed by atoms with E-state index in [0.717, 1.165) is 11.1 Å². The van der Waals surface area contributed by atoms with Gasteiger partial charge in [0.05, 0.1) is 11.8 Å². The molecule has 0 saturated carbocycles. The zero-order chi connectivity index (χ0) is 13.1. The Morgan fingerprint density at radius 1 is 1.28 bits per heavy atom. The number of aromatic nitrogens is 3. The number of nitrogens with zero attached hydrogens (tertiary/aromatic N) is 3. The quantitative estimate of drug-likeness (QED) is 0.668. The molecule has 0 saturated heterocycles. The Hall–Kier alpha value is -2.30. The molecule has 0 unspecified atom stereocenters. The molecule has 3 aromatic rings. The first kappa shape index (κ1) is 12.2. The van der Waals surface area contributed by atoms with E-state index in [2.05, 4.69) is 10.1 Å². The fourth-order valence-corrected chi connectivity index (χ4v) is 1.60. The summed E-state index contributed by atoms with van der Waals surface area (Å²) >= 11 is 0. The number of nitrogens with two attached hydrogens (primary N) is 1. The van der Waals surface area contributed by atoms with Crippen molar-refractivity contribution in [3.05, 3.63) is 30.6 Å². The number of anilines is 1. The molecule has 0 aliphatic heterocycles. The number of aryl methyl sites for hydroxylation is 1. The summed E-state index contributed by atoms with van der Waals surface area (Å²) in [5.74, 6) is 0.564. The number of nitrogen functional groups attached to an aromatic ring is 1. The second-order valence-electron chi connectivity index (χ2n) is 3.65. The Morgan fingerprint density at radius 2 is 2.06 bits per heavy atom. The van der Waals surface area contributed by atoms with E-state index in [0.29, 0.717) is 17.2 Å². The molecule has 0 radical (unpaired) electrons. The van der Waals surface area contributed by atoms with Gasteiger partial charge in [0, 0.05) is 25.0 Å². The summed E-state index contributed by atoms with van der Waals surface area (Å²) in [6, 6.07) is 5.41. The van der Waals surface area contributed by atoms with Crippen molar-refractivity contribution >= 4 is 16.8 Å². The summed E-state index contributed by atoms with van der Waals surface area (Å²) in [6.07, 6.45) is 3.57. The second-order valence-corrected chi connectivity index (χ2v) is 3.65. The largest absolute Gasteiger partial charge is 0.436 e. The molecule has 0 aliphatic carbocycles. The summed E-state index contributed by atoms with van der Waals surface area (Å²) in [6.45, 7) is 4.00. The van der Waals surface area contributed by atoms with Crippen LogP contribution in [0.4, 0.5) is 5.69 Å². The number of rotatable bonds is 1. The van der Waals surface area contributed by atoms with Crippen molar-refractivity contribution in [1.82, 2.24) is 14.8 Å². The van der Waals surface area contributed by atoms with Gasteiger partial charge in [0.2, 0.25) is 5.89 Å². The van der Waals surface area contributed by atoms with Crippen LogP contribution in [-0.2, 0) is 7.05 Å². The lowest BCUT2D eigenvalue weighted by Gasteiger charge is -1.88. The summed E-state index contributed by atoms with van der Waals surface area (Å²) < 4.78 is 7.31. The average molecular weight is 244 g/mol. The van der Waals surface area contributed by atoms with E-state index in [1.54, 1.807) is 23.0 Å². The van der Waals surface area contributed by atoms with Crippen LogP contribution in [0.2, 0.25) is 0 Å². The molecule has 0 bridgehead atoms. The fourth-order valence-electron chi connectivity index (χ4n) is 1.60. The van der Waals surface area contributed by atoms with E-state index in [-0.39, 0.29) is 0 Å². The van der Waals surface area contributed by atoms with Crippen molar-refractivity contribution in [2.45, 2.75) is 13.8 Å². The standard InChI is InChI=1S/C11H10N4O.C2H6/c1-15-6-7(5-13-15)11-14-9-3-2-8(12)4-10(9)16-11;1-2/h2-6H,12H2,1H3;1-2H3. The monoisotopic (exact) mass is 244 g/mol. The van der Waals surface area contributed by atoms with Crippen LogP contribution in [0.1, 0.15) is 13.8 Å². The van der Waals surface area contributed by atoms with Gasteiger partial charge in [-0.25, -0.2) is 4.98 Å². The highest BCUT2D eigenvalue weighted by Gasteiger charge is 2.09. The van der Waals surface area contributed by atoms with E-state index in [9.17, 15) is 0 Å². The molecule has 5 nitrogen and oxygen atoms in total. The molecule has 0 fully saturated rings. The van der Waals surface area contributed by atoms with Crippen LogP contribution < -0.4 is 5.73 Å². The molecule has 0 atom stereocenters. The van der Waals surface area contributed by atoms with Gasteiger partial charge >= 0.3 is 0 Å². The molecule has 5 heteroatoms. The highest BCUT2D eigenvalue weighted by Crippen LogP contribution is 2.24. The van der Waals surface area contributed by atoms with Crippen LogP contribution in [0, 0.1) is 0 Å². The third-order valence-corrected chi connectivity index (χ3v) is 2.36. The van der Waals surface area contributed by atoms with Crippen molar-refractivity contribution in [3.63, 3.8) is 0 Å². The molecule has 18 heavy (non-hydrogen) atoms. The highest BCUT2D eigenvalue weighted by molar-refractivity contribution is 5.79. The molecule has 0 amide bonds. The zero-order valence-electron chi connectivity index (χ0n) is 10.7. The number of fused-ring (bicyclic) bond motifs is 1. The molecular formula is C13H16N4O. The van der Waals surface area contributed by atoms with Gasteiger partial charge in [-0.15, -0.1) is 0 Å². The predicted octanol–water partition coefficient (Wildman–Crippen LogP) is 2.84. The van der Waals surface area contributed by atoms with Crippen molar-refractivity contribution < 1.29 is 4.42 Å². The van der Waals surface area contributed by atoms with Crippen LogP contribution in [0.3, 0.4) is 0 Å². The van der Waals surface area contributed by atoms with Gasteiger partial charge in [0.15, 0.2) is 5.58 Å². The van der Waals surface area contributed by atoms with Gasteiger partial charge in [-0.2, -0.15) is 5.10 Å². The molecule has 2 heterocycles. The lowest BCUT2D eigenvalue weighted by atomic mass is 10.3. The highest BCUT2D eigenvalue weighted by atomic mass is 16.3. The Bertz CT molecular complexity index is 654. The second kappa shape index (κ2) is 4.91. The first-order valence-electron chi connectivity index (χ1n) is 5.87. The third-order valence-electron chi connectivity index (χ3n) is 2.36. The molecule has 0 spiro atoms. The van der Waals surface area contributed by atoms with Gasteiger partial charge in [-0.05, 0) is 12.1 Å². The Balaban J connectivity index is 0.000000574. The van der Waals surface area contributed by atoms with E-state index >= 15 is 0 Å². The molecular weight excluding hydrogens is 228 g/mol. The van der Waals surface area contributed by atoms with Gasteiger partial charge in [0.25, 0.3) is 0 Å². The first-order chi connectivity index (χ1) is 8.72. The van der Waals surface area contributed by atoms with Crippen molar-refractivity contribution in [2.75, 3.05) is 5.73 Å². The Morgan fingerprint density at radius 3 is 2.72 bits per heavy atom. The molecule has 0 aliphatic rings. The van der Waals surface area contributed by atoms with Crippen molar-refractivity contribution in [2.24, 2.45) is 7.05 Å². The van der Waals surface area contributed by atoms with Crippen LogP contribution in [0.15, 0.2) is 35.0 Å². The smallest absolute Gasteiger partial charge is 0.230 e. The summed E-state index contributed by atoms with van der Waals surface area (Å²) in [5.41, 5.74) is 8.69. The van der Waals surface area contributed by atoms with Gasteiger partial charge in [-0.1, -0.05) is 13.8 Å². The van der Waals surface area contributed by atoms with Gasteiger partial charge in [0.1, 0.15) is 5.52 Å². The fraction of sp³-hybridized carbons (Fsp3) is 0.231. The van der Waals surface area contributed by atoms with Gasteiger partial charge in [-0.3, -0.25) is 4.68 Å². The zero-order valence-corrected chi connectivity index (χ0v) is 10.7. The Kier molecular flexibility index (Phi) is 3.32. The minimum Gasteiger partial charge on any atom is -0.436 e. The molecule has 3 rings (SSSR count). The van der Waals surface area contributed by atoms with E-state index in [1.165, 1.54) is 0 Å². The number of hydrogen-bond acceptors (Lipinski definition) is 4. The lowest BCUT2D eigenvalue weighted by Crippen LogP contribution is -1.84. The molecule has 94 valence electrons. The maximum atomic E-state index is 5.67. The van der Waals surface area contributed by atoms with E-state index in [4.69, 9.17) is 10.2 Å². The minimum atomic E-state index is 0.564. The Labute approximate surface area is 105 Å². The first-order valence-corrected chi connectivity index (χ1v) is 5.87. The normalized spacial score (nSPS) is 10.2. The predicted molar refractivity (Wildman–Crippen MR) is 72.0 cm³/mol. The summed E-state index contributed by atoms with van der Waals surface area (Å²) in [4.78, 5) is 4.36. The lowest BCUT2D eigenvalue weighted by molar-refractivity contribution is 0.620.